The van der Waals surface area contributed by atoms with Gasteiger partial charge < -0.3 is 15.4 Å². The Morgan fingerprint density at radius 2 is 1.66 bits per heavy atom. The van der Waals surface area contributed by atoms with E-state index in [1.807, 2.05) is 48.5 Å². The van der Waals surface area contributed by atoms with Gasteiger partial charge in [-0.05, 0) is 97.0 Å². The molecule has 3 saturated heterocycles. The predicted octanol–water partition coefficient (Wildman–Crippen LogP) is 9.24. The van der Waals surface area contributed by atoms with Crippen molar-refractivity contribution in [3.8, 4) is 0 Å². The number of benzene rings is 3. The van der Waals surface area contributed by atoms with Gasteiger partial charge >= 0.3 is 12.4 Å². The molecule has 246 valence electrons. The number of piperidine rings is 3. The highest BCUT2D eigenvalue weighted by Crippen LogP contribution is 2.44. The molecule has 3 aliphatic heterocycles. The molecule has 0 saturated carbocycles. The lowest BCUT2D eigenvalue weighted by atomic mass is 9.73. The van der Waals surface area contributed by atoms with Crippen LogP contribution in [0.25, 0.3) is 10.9 Å². The number of anilines is 2. The first-order chi connectivity index (χ1) is 22.4. The molecule has 0 aliphatic carbocycles. The number of hydrogen-bond acceptors (Lipinski definition) is 4. The number of pyridine rings is 1. The van der Waals surface area contributed by atoms with Crippen molar-refractivity contribution >= 4 is 39.6 Å². The van der Waals surface area contributed by atoms with Crippen LogP contribution in [0.5, 0.6) is 0 Å². The van der Waals surface area contributed by atoms with E-state index in [-0.39, 0.29) is 23.3 Å². The molecule has 47 heavy (non-hydrogen) atoms. The number of aromatic nitrogens is 1. The number of fused-ring (bicyclic) bond motifs is 4. The fraction of sp³-hybridized carbons (Fsp3) is 0.314. The van der Waals surface area contributed by atoms with Crippen LogP contribution in [-0.2, 0) is 23.7 Å². The standard InChI is InChI=1S/C35H32F6N4OS/c1-2-22-19-45-13-11-23(22)14-31(45)32(46-20-21-6-4-3-5-7-21)28-10-12-42-30-9-8-26(18-29(28)30)43-33(47)44-27-16-24(34(36,37)38)15-25(17-27)35(39,40)41/h2-10,12,15-18,22-23,31-32H,1,11,13-14,19-20H2,(H2,43,44,47)/t22-,23-,31-,32+/m0/s1. The summed E-state index contributed by atoms with van der Waals surface area (Å²) in [4.78, 5) is 7.01. The van der Waals surface area contributed by atoms with Crippen LogP contribution in [0.1, 0.15) is 41.2 Å². The fourth-order valence-corrected chi connectivity index (χ4v) is 6.91. The minimum atomic E-state index is -4.98. The molecule has 5 atom stereocenters. The molecule has 0 spiro atoms. The van der Waals surface area contributed by atoms with Crippen LogP contribution in [0.15, 0.2) is 91.6 Å². The summed E-state index contributed by atoms with van der Waals surface area (Å²) >= 11 is 5.32. The molecule has 2 bridgehead atoms. The van der Waals surface area contributed by atoms with Gasteiger partial charge in [0.25, 0.3) is 0 Å². The second kappa shape index (κ2) is 13.2. The molecule has 4 aromatic rings. The molecule has 2 N–H and O–H groups in total. The Balaban J connectivity index is 1.29. The fourth-order valence-electron chi connectivity index (χ4n) is 6.67. The molecule has 7 rings (SSSR count). The average molecular weight is 671 g/mol. The van der Waals surface area contributed by atoms with E-state index in [0.29, 0.717) is 41.8 Å². The number of halogens is 6. The van der Waals surface area contributed by atoms with E-state index in [2.05, 4.69) is 27.1 Å². The van der Waals surface area contributed by atoms with E-state index in [1.54, 1.807) is 18.3 Å². The Hall–Kier alpha value is -4.00. The zero-order valence-electron chi connectivity index (χ0n) is 25.1. The summed E-state index contributed by atoms with van der Waals surface area (Å²) < 4.78 is 87.0. The molecular formula is C35H32F6N4OS. The Labute approximate surface area is 273 Å². The molecule has 0 amide bonds. The summed E-state index contributed by atoms with van der Waals surface area (Å²) in [5.74, 6) is 0.935. The van der Waals surface area contributed by atoms with Gasteiger partial charge in [0.2, 0.25) is 0 Å². The quantitative estimate of drug-likeness (QED) is 0.111. The minimum Gasteiger partial charge on any atom is -0.367 e. The third kappa shape index (κ3) is 7.45. The summed E-state index contributed by atoms with van der Waals surface area (Å²) in [6.07, 6.45) is -4.42. The zero-order valence-corrected chi connectivity index (χ0v) is 25.9. The maximum Gasteiger partial charge on any atom is 0.416 e. The molecule has 4 heterocycles. The van der Waals surface area contributed by atoms with Crippen LogP contribution in [0.4, 0.5) is 37.7 Å². The summed E-state index contributed by atoms with van der Waals surface area (Å²) in [5, 5.41) is 6.01. The van der Waals surface area contributed by atoms with Crippen molar-refractivity contribution in [2.75, 3.05) is 23.7 Å². The van der Waals surface area contributed by atoms with Gasteiger partial charge in [0.1, 0.15) is 0 Å². The van der Waals surface area contributed by atoms with Gasteiger partial charge in [0.15, 0.2) is 5.11 Å². The van der Waals surface area contributed by atoms with Crippen LogP contribution in [0.2, 0.25) is 0 Å². The van der Waals surface area contributed by atoms with Gasteiger partial charge in [0.05, 0.1) is 29.4 Å². The van der Waals surface area contributed by atoms with E-state index in [0.717, 1.165) is 42.4 Å². The normalized spacial score (nSPS) is 21.7. The van der Waals surface area contributed by atoms with E-state index in [1.165, 1.54) is 0 Å². The summed E-state index contributed by atoms with van der Waals surface area (Å²) in [5.41, 5.74) is -0.174. The van der Waals surface area contributed by atoms with Gasteiger partial charge in [-0.3, -0.25) is 9.88 Å². The smallest absolute Gasteiger partial charge is 0.367 e. The molecule has 0 radical (unpaired) electrons. The van der Waals surface area contributed by atoms with Crippen LogP contribution in [0, 0.1) is 11.8 Å². The van der Waals surface area contributed by atoms with Crippen LogP contribution in [-0.4, -0.2) is 34.1 Å². The minimum absolute atomic E-state index is 0.0715. The predicted molar refractivity (Wildman–Crippen MR) is 174 cm³/mol. The number of hydrogen-bond donors (Lipinski definition) is 2. The van der Waals surface area contributed by atoms with Crippen LogP contribution in [0.3, 0.4) is 0 Å². The molecule has 1 aromatic heterocycles. The van der Waals surface area contributed by atoms with Crippen molar-refractivity contribution in [3.05, 3.63) is 114 Å². The Morgan fingerprint density at radius 1 is 0.957 bits per heavy atom. The molecule has 3 aromatic carbocycles. The molecule has 12 heteroatoms. The average Bonchev–Trinajstić information content (AvgIpc) is 3.04. The van der Waals surface area contributed by atoms with Crippen LogP contribution < -0.4 is 10.6 Å². The molecule has 1 unspecified atom stereocenters. The second-order valence-electron chi connectivity index (χ2n) is 12.0. The lowest BCUT2D eigenvalue weighted by molar-refractivity contribution is -0.143. The van der Waals surface area contributed by atoms with Crippen molar-refractivity contribution in [2.45, 2.75) is 43.9 Å². The highest BCUT2D eigenvalue weighted by atomic mass is 32.1. The Bertz CT molecular complexity index is 1730. The molecular weight excluding hydrogens is 638 g/mol. The third-order valence-electron chi connectivity index (χ3n) is 8.96. The molecule has 3 fully saturated rings. The van der Waals surface area contributed by atoms with Crippen LogP contribution >= 0.6 is 12.2 Å². The third-order valence-corrected chi connectivity index (χ3v) is 9.17. The van der Waals surface area contributed by atoms with Gasteiger partial charge in [0, 0.05) is 35.5 Å². The summed E-state index contributed by atoms with van der Waals surface area (Å²) in [7, 11) is 0. The maximum atomic E-state index is 13.4. The highest BCUT2D eigenvalue weighted by Gasteiger charge is 2.43. The van der Waals surface area contributed by atoms with Crippen molar-refractivity contribution in [2.24, 2.45) is 11.8 Å². The zero-order chi connectivity index (χ0) is 33.3. The number of nitrogens with one attached hydrogen (secondary N) is 2. The molecule has 5 nitrogen and oxygen atoms in total. The van der Waals surface area contributed by atoms with Crippen molar-refractivity contribution in [1.82, 2.24) is 9.88 Å². The van der Waals surface area contributed by atoms with Crippen molar-refractivity contribution in [1.29, 1.82) is 0 Å². The first-order valence-corrected chi connectivity index (χ1v) is 15.6. The summed E-state index contributed by atoms with van der Waals surface area (Å²) in [6, 6.07) is 18.5. The molecule has 3 aliphatic rings. The number of thiocarbonyl (C=S) groups is 1. The Morgan fingerprint density at radius 3 is 2.30 bits per heavy atom. The maximum absolute atomic E-state index is 13.4. The largest absolute Gasteiger partial charge is 0.416 e. The lowest BCUT2D eigenvalue weighted by Crippen LogP contribution is -2.55. The SMILES string of the molecule is C=C[C@H]1CN2CC[C@H]1C[C@H]2[C@H](OCc1ccccc1)c1ccnc2ccc(NC(=S)Nc3cc(C(F)(F)F)cc(C(F)(F)F)c3)cc12. The van der Waals surface area contributed by atoms with E-state index in [4.69, 9.17) is 17.0 Å². The highest BCUT2D eigenvalue weighted by molar-refractivity contribution is 7.80. The number of alkyl halides is 6. The topological polar surface area (TPSA) is 49.4 Å². The Kier molecular flexibility index (Phi) is 9.28. The van der Waals surface area contributed by atoms with Crippen molar-refractivity contribution in [3.63, 3.8) is 0 Å². The first-order valence-electron chi connectivity index (χ1n) is 15.2. The lowest BCUT2D eigenvalue weighted by Gasteiger charge is -2.51. The van der Waals surface area contributed by atoms with Gasteiger partial charge in [-0.25, -0.2) is 0 Å². The number of ether oxygens (including phenoxy) is 1. The summed E-state index contributed by atoms with van der Waals surface area (Å²) in [6.45, 7) is 6.32. The van der Waals surface area contributed by atoms with E-state index in [9.17, 15) is 26.3 Å². The van der Waals surface area contributed by atoms with Gasteiger partial charge in [-0.2, -0.15) is 26.3 Å². The van der Waals surface area contributed by atoms with Crippen molar-refractivity contribution < 1.29 is 31.1 Å². The van der Waals surface area contributed by atoms with Gasteiger partial charge in [-0.1, -0.05) is 36.4 Å². The monoisotopic (exact) mass is 670 g/mol. The second-order valence-corrected chi connectivity index (χ2v) is 12.4. The number of nitrogens with zero attached hydrogens (tertiary/aromatic N) is 2. The van der Waals surface area contributed by atoms with E-state index >= 15 is 0 Å². The van der Waals surface area contributed by atoms with E-state index < -0.39 is 29.2 Å². The first kappa shape index (κ1) is 32.9. The van der Waals surface area contributed by atoms with Gasteiger partial charge in [-0.15, -0.1) is 6.58 Å². The number of rotatable bonds is 8.